The summed E-state index contributed by atoms with van der Waals surface area (Å²) in [6.07, 6.45) is 1.55. The van der Waals surface area contributed by atoms with E-state index in [0.29, 0.717) is 28.4 Å². The first-order chi connectivity index (χ1) is 10.4. The maximum Gasteiger partial charge on any atom is 0.156 e. The van der Waals surface area contributed by atoms with Gasteiger partial charge in [-0.25, -0.2) is 9.98 Å². The zero-order valence-corrected chi connectivity index (χ0v) is 13.3. The highest BCUT2D eigenvalue weighted by Gasteiger charge is 2.12. The number of nitrogens with two attached hydrogens (primary N) is 2. The lowest BCUT2D eigenvalue weighted by atomic mass is 10.1. The van der Waals surface area contributed by atoms with Crippen molar-refractivity contribution in [1.82, 2.24) is 4.98 Å². The summed E-state index contributed by atoms with van der Waals surface area (Å²) in [5, 5.41) is 1.75. The van der Waals surface area contributed by atoms with Crippen LogP contribution in [0.5, 0.6) is 11.5 Å². The van der Waals surface area contributed by atoms with E-state index in [1.165, 1.54) is 0 Å². The van der Waals surface area contributed by atoms with E-state index in [1.54, 1.807) is 39.4 Å². The zero-order valence-electron chi connectivity index (χ0n) is 12.6. The van der Waals surface area contributed by atoms with Crippen molar-refractivity contribution in [2.45, 2.75) is 6.92 Å². The minimum absolute atomic E-state index is 0.248. The number of aromatic nitrogens is 1. The van der Waals surface area contributed by atoms with Crippen LogP contribution in [-0.2, 0) is 0 Å². The number of halogens is 1. The number of allylic oxidation sites excluding steroid dienone is 1. The number of hydrogen-bond donors (Lipinski definition) is 2. The van der Waals surface area contributed by atoms with Crippen LogP contribution < -0.4 is 20.9 Å². The van der Waals surface area contributed by atoms with Gasteiger partial charge in [-0.15, -0.1) is 0 Å². The summed E-state index contributed by atoms with van der Waals surface area (Å²) in [6, 6.07) is 5.32. The van der Waals surface area contributed by atoms with E-state index in [2.05, 4.69) is 9.98 Å². The van der Waals surface area contributed by atoms with Crippen LogP contribution >= 0.6 is 11.6 Å². The molecule has 1 heterocycles. The maximum absolute atomic E-state index is 6.25. The van der Waals surface area contributed by atoms with Crippen molar-refractivity contribution < 1.29 is 9.47 Å². The molecule has 6 nitrogen and oxygen atoms in total. The first-order valence-electron chi connectivity index (χ1n) is 6.44. The number of fused-ring (bicyclic) bond motifs is 1. The van der Waals surface area contributed by atoms with E-state index in [-0.39, 0.29) is 11.0 Å². The van der Waals surface area contributed by atoms with Gasteiger partial charge in [-0.2, -0.15) is 0 Å². The maximum atomic E-state index is 6.25. The molecule has 0 unspecified atom stereocenters. The molecule has 0 aliphatic heterocycles. The number of methoxy groups -OCH3 is 2. The summed E-state index contributed by atoms with van der Waals surface area (Å²) < 4.78 is 10.6. The average Bonchev–Trinajstić information content (AvgIpc) is 2.44. The van der Waals surface area contributed by atoms with Crippen LogP contribution in [0, 0.1) is 0 Å². The van der Waals surface area contributed by atoms with Gasteiger partial charge in [0.05, 0.1) is 19.6 Å². The third kappa shape index (κ3) is 3.40. The molecule has 2 rings (SSSR count). The van der Waals surface area contributed by atoms with Crippen LogP contribution in [-0.4, -0.2) is 25.0 Å². The number of aliphatic imine (C=N–C) groups is 1. The summed E-state index contributed by atoms with van der Waals surface area (Å²) in [5.74, 6) is 1.85. The predicted molar refractivity (Wildman–Crippen MR) is 89.1 cm³/mol. The molecule has 0 fully saturated rings. The highest BCUT2D eigenvalue weighted by atomic mass is 35.5. The lowest BCUT2D eigenvalue weighted by Crippen LogP contribution is -2.10. The Labute approximate surface area is 133 Å². The number of nitrogens with zero attached hydrogens (tertiary/aromatic N) is 2. The van der Waals surface area contributed by atoms with Crippen molar-refractivity contribution >= 4 is 34.0 Å². The number of hydrogen-bond acceptors (Lipinski definition) is 5. The van der Waals surface area contributed by atoms with Gasteiger partial charge < -0.3 is 20.9 Å². The largest absolute Gasteiger partial charge is 0.497 e. The average molecular weight is 321 g/mol. The minimum atomic E-state index is 0.248. The molecule has 1 aromatic carbocycles. The zero-order chi connectivity index (χ0) is 16.3. The minimum Gasteiger partial charge on any atom is -0.497 e. The number of rotatable bonds is 4. The van der Waals surface area contributed by atoms with Crippen molar-refractivity contribution in [1.29, 1.82) is 0 Å². The van der Waals surface area contributed by atoms with Gasteiger partial charge in [0.15, 0.2) is 5.82 Å². The molecule has 1 aromatic heterocycles. The third-order valence-corrected chi connectivity index (χ3v) is 3.16. The van der Waals surface area contributed by atoms with Crippen LogP contribution in [0.3, 0.4) is 0 Å². The Balaban J connectivity index is 2.64. The van der Waals surface area contributed by atoms with Gasteiger partial charge >= 0.3 is 0 Å². The molecular formula is C15H17ClN4O2. The summed E-state index contributed by atoms with van der Waals surface area (Å²) >= 11 is 6.25. The molecule has 7 heteroatoms. The Hall–Kier alpha value is -2.47. The van der Waals surface area contributed by atoms with Gasteiger partial charge in [0.2, 0.25) is 0 Å². The quantitative estimate of drug-likeness (QED) is 0.513. The molecule has 0 spiro atoms. The Kier molecular flexibility index (Phi) is 4.72. The van der Waals surface area contributed by atoms with E-state index in [1.807, 2.05) is 6.07 Å². The Morgan fingerprint density at radius 3 is 2.55 bits per heavy atom. The van der Waals surface area contributed by atoms with Gasteiger partial charge in [-0.1, -0.05) is 11.6 Å². The highest BCUT2D eigenvalue weighted by Crippen LogP contribution is 2.36. The van der Waals surface area contributed by atoms with E-state index < -0.39 is 0 Å². The summed E-state index contributed by atoms with van der Waals surface area (Å²) in [7, 11) is 3.14. The normalized spacial score (nSPS) is 12.5. The number of pyridine rings is 1. The third-order valence-electron chi connectivity index (χ3n) is 2.88. The molecule has 0 saturated heterocycles. The molecule has 0 amide bonds. The van der Waals surface area contributed by atoms with Crippen molar-refractivity contribution in [3.05, 3.63) is 35.1 Å². The monoisotopic (exact) mass is 320 g/mol. The van der Waals surface area contributed by atoms with Gasteiger partial charge in [-0.3, -0.25) is 0 Å². The fourth-order valence-corrected chi connectivity index (χ4v) is 2.30. The lowest BCUT2D eigenvalue weighted by molar-refractivity contribution is 0.398. The van der Waals surface area contributed by atoms with Gasteiger partial charge in [-0.05, 0) is 30.5 Å². The van der Waals surface area contributed by atoms with Crippen molar-refractivity contribution in [2.75, 3.05) is 14.2 Å². The second-order valence-corrected chi connectivity index (χ2v) is 4.98. The predicted octanol–water partition coefficient (Wildman–Crippen LogP) is 2.76. The van der Waals surface area contributed by atoms with E-state index in [4.69, 9.17) is 32.5 Å². The van der Waals surface area contributed by atoms with Crippen molar-refractivity contribution in [3.63, 3.8) is 0 Å². The summed E-state index contributed by atoms with van der Waals surface area (Å²) in [6.45, 7) is 1.72. The first kappa shape index (κ1) is 15.9. The second kappa shape index (κ2) is 6.53. The first-order valence-corrected chi connectivity index (χ1v) is 6.82. The highest BCUT2D eigenvalue weighted by molar-refractivity contribution is 6.35. The van der Waals surface area contributed by atoms with Gasteiger partial charge in [0, 0.05) is 11.8 Å². The second-order valence-electron chi connectivity index (χ2n) is 4.62. The topological polar surface area (TPSA) is 95.8 Å². The van der Waals surface area contributed by atoms with Crippen LogP contribution in [0.25, 0.3) is 10.8 Å². The van der Waals surface area contributed by atoms with Crippen LogP contribution in [0.2, 0.25) is 5.15 Å². The SMILES string of the molecule is COc1cc(OC)c2c(Cl)nc(/N=C(N)\C=C(\C)N)cc2c1. The van der Waals surface area contributed by atoms with E-state index >= 15 is 0 Å². The molecule has 116 valence electrons. The van der Waals surface area contributed by atoms with Crippen LogP contribution in [0.1, 0.15) is 6.92 Å². The molecule has 0 atom stereocenters. The molecule has 0 radical (unpaired) electrons. The fourth-order valence-electron chi connectivity index (χ4n) is 2.01. The van der Waals surface area contributed by atoms with E-state index in [9.17, 15) is 0 Å². The molecule has 0 aliphatic carbocycles. The Morgan fingerprint density at radius 1 is 1.23 bits per heavy atom. The Bertz CT molecular complexity index is 768. The summed E-state index contributed by atoms with van der Waals surface area (Å²) in [4.78, 5) is 8.40. The van der Waals surface area contributed by atoms with Crippen LogP contribution in [0.15, 0.2) is 35.0 Å². The smallest absolute Gasteiger partial charge is 0.156 e. The number of amidine groups is 1. The van der Waals surface area contributed by atoms with Gasteiger partial charge in [0.25, 0.3) is 0 Å². The molecule has 4 N–H and O–H groups in total. The molecule has 0 aliphatic rings. The number of ether oxygens (including phenoxy) is 2. The Morgan fingerprint density at radius 2 is 1.95 bits per heavy atom. The fraction of sp³-hybridized carbons (Fsp3) is 0.200. The summed E-state index contributed by atoms with van der Waals surface area (Å²) in [5.41, 5.74) is 11.9. The number of benzene rings is 1. The molecule has 2 aromatic rings. The van der Waals surface area contributed by atoms with E-state index in [0.717, 1.165) is 5.39 Å². The standard InChI is InChI=1S/C15H17ClN4O2/c1-8(17)4-12(18)19-13-6-9-5-10(21-2)7-11(22-3)14(9)15(16)20-13/h4-7H,17H2,1-3H3,(H2,18,19,20)/b8-4-. The lowest BCUT2D eigenvalue weighted by Gasteiger charge is -2.10. The van der Waals surface area contributed by atoms with Crippen molar-refractivity contribution in [3.8, 4) is 11.5 Å². The molecule has 0 saturated carbocycles. The van der Waals surface area contributed by atoms with Gasteiger partial charge in [0.1, 0.15) is 22.5 Å². The molecule has 0 bridgehead atoms. The van der Waals surface area contributed by atoms with Crippen LogP contribution in [0.4, 0.5) is 5.82 Å². The molecular weight excluding hydrogens is 304 g/mol. The molecule has 22 heavy (non-hydrogen) atoms. The van der Waals surface area contributed by atoms with Crippen molar-refractivity contribution in [2.24, 2.45) is 16.5 Å².